The van der Waals surface area contributed by atoms with Gasteiger partial charge in [-0.3, -0.25) is 4.21 Å². The molecular weight excluding hydrogens is 184 g/mol. The van der Waals surface area contributed by atoms with E-state index in [0.717, 1.165) is 12.3 Å². The topological polar surface area (TPSA) is 32.3 Å². The average molecular weight is 204 g/mol. The third-order valence-electron chi connectivity index (χ3n) is 2.40. The van der Waals surface area contributed by atoms with E-state index in [1.165, 1.54) is 13.0 Å². The summed E-state index contributed by atoms with van der Waals surface area (Å²) in [6.45, 7) is 4.42. The minimum Gasteiger partial charge on any atom is -0.309 e. The molecule has 0 radical (unpaired) electrons. The van der Waals surface area contributed by atoms with E-state index in [1.54, 1.807) is 6.26 Å². The zero-order valence-electron chi connectivity index (χ0n) is 8.75. The SMILES string of the molecule is CC(CS(C)=O)NC1CCN(C)C1. The number of rotatable bonds is 4. The van der Waals surface area contributed by atoms with Crippen LogP contribution in [0.1, 0.15) is 13.3 Å². The van der Waals surface area contributed by atoms with Gasteiger partial charge in [-0.15, -0.1) is 0 Å². The van der Waals surface area contributed by atoms with Crippen LogP contribution in [-0.2, 0) is 10.8 Å². The van der Waals surface area contributed by atoms with Crippen molar-refractivity contribution in [2.75, 3.05) is 32.1 Å². The molecule has 0 spiro atoms. The van der Waals surface area contributed by atoms with E-state index in [0.29, 0.717) is 12.1 Å². The Morgan fingerprint density at radius 1 is 1.69 bits per heavy atom. The summed E-state index contributed by atoms with van der Waals surface area (Å²) in [6, 6.07) is 0.978. The van der Waals surface area contributed by atoms with E-state index in [9.17, 15) is 4.21 Å². The summed E-state index contributed by atoms with van der Waals surface area (Å²) in [4.78, 5) is 2.33. The summed E-state index contributed by atoms with van der Waals surface area (Å²) in [5.41, 5.74) is 0. The molecule has 1 heterocycles. The second-order valence-electron chi connectivity index (χ2n) is 4.06. The summed E-state index contributed by atoms with van der Waals surface area (Å²) in [7, 11) is 1.46. The van der Waals surface area contributed by atoms with Gasteiger partial charge in [0.05, 0.1) is 0 Å². The molecule has 0 aromatic heterocycles. The first kappa shape index (κ1) is 11.1. The molecule has 3 atom stereocenters. The molecule has 1 fully saturated rings. The standard InChI is InChI=1S/C9H20N2OS/c1-8(7-13(3)12)10-9-4-5-11(2)6-9/h8-10H,4-7H2,1-3H3. The lowest BCUT2D eigenvalue weighted by Gasteiger charge is -2.18. The number of likely N-dealkylation sites (tertiary alicyclic amines) is 1. The van der Waals surface area contributed by atoms with Crippen molar-refractivity contribution in [3.8, 4) is 0 Å². The van der Waals surface area contributed by atoms with E-state index in [2.05, 4.69) is 24.2 Å². The molecule has 1 N–H and O–H groups in total. The van der Waals surface area contributed by atoms with E-state index >= 15 is 0 Å². The highest BCUT2D eigenvalue weighted by molar-refractivity contribution is 7.84. The Hall–Kier alpha value is 0.0700. The van der Waals surface area contributed by atoms with Crippen molar-refractivity contribution in [2.45, 2.75) is 25.4 Å². The lowest BCUT2D eigenvalue weighted by Crippen LogP contribution is -2.40. The number of hydrogen-bond acceptors (Lipinski definition) is 3. The van der Waals surface area contributed by atoms with Crippen LogP contribution in [0.5, 0.6) is 0 Å². The first-order chi connectivity index (χ1) is 6.08. The Balaban J connectivity index is 2.20. The van der Waals surface area contributed by atoms with Gasteiger partial charge in [0, 0.05) is 41.4 Å². The van der Waals surface area contributed by atoms with Gasteiger partial charge in [-0.2, -0.15) is 0 Å². The van der Waals surface area contributed by atoms with Crippen LogP contribution in [0.15, 0.2) is 0 Å². The Morgan fingerprint density at radius 2 is 2.38 bits per heavy atom. The molecule has 1 rings (SSSR count). The normalized spacial score (nSPS) is 29.0. The van der Waals surface area contributed by atoms with Crippen molar-refractivity contribution >= 4 is 10.8 Å². The maximum atomic E-state index is 11.0. The number of likely N-dealkylation sites (N-methyl/N-ethyl adjacent to an activating group) is 1. The van der Waals surface area contributed by atoms with Crippen LogP contribution < -0.4 is 5.32 Å². The van der Waals surface area contributed by atoms with Gasteiger partial charge in [-0.25, -0.2) is 0 Å². The lowest BCUT2D eigenvalue weighted by atomic mass is 10.2. The third kappa shape index (κ3) is 4.20. The van der Waals surface area contributed by atoms with Crippen LogP contribution >= 0.6 is 0 Å². The van der Waals surface area contributed by atoms with Crippen LogP contribution in [0.25, 0.3) is 0 Å². The molecule has 0 saturated carbocycles. The summed E-state index contributed by atoms with van der Waals surface area (Å²) in [5, 5.41) is 3.51. The summed E-state index contributed by atoms with van der Waals surface area (Å²) in [5.74, 6) is 0.764. The van der Waals surface area contributed by atoms with Crippen molar-refractivity contribution in [2.24, 2.45) is 0 Å². The molecule has 1 aliphatic rings. The molecule has 0 aliphatic carbocycles. The fraction of sp³-hybridized carbons (Fsp3) is 1.00. The Bertz CT molecular complexity index is 186. The van der Waals surface area contributed by atoms with Crippen molar-refractivity contribution < 1.29 is 4.21 Å². The molecular formula is C9H20N2OS. The zero-order valence-corrected chi connectivity index (χ0v) is 9.56. The molecule has 78 valence electrons. The van der Waals surface area contributed by atoms with Crippen molar-refractivity contribution in [3.05, 3.63) is 0 Å². The van der Waals surface area contributed by atoms with E-state index < -0.39 is 10.8 Å². The molecule has 0 aromatic rings. The van der Waals surface area contributed by atoms with Crippen LogP contribution in [0, 0.1) is 0 Å². The highest BCUT2D eigenvalue weighted by Crippen LogP contribution is 2.06. The smallest absolute Gasteiger partial charge is 0.0383 e. The average Bonchev–Trinajstić information content (AvgIpc) is 2.33. The first-order valence-electron chi connectivity index (χ1n) is 4.82. The second-order valence-corrected chi connectivity index (χ2v) is 5.54. The van der Waals surface area contributed by atoms with Crippen LogP contribution in [0.4, 0.5) is 0 Å². The van der Waals surface area contributed by atoms with Gasteiger partial charge < -0.3 is 10.2 Å². The van der Waals surface area contributed by atoms with Gasteiger partial charge in [0.2, 0.25) is 0 Å². The predicted molar refractivity (Wildman–Crippen MR) is 57.4 cm³/mol. The number of nitrogens with zero attached hydrogens (tertiary/aromatic N) is 1. The van der Waals surface area contributed by atoms with Crippen molar-refractivity contribution in [3.63, 3.8) is 0 Å². The molecule has 1 saturated heterocycles. The van der Waals surface area contributed by atoms with Crippen LogP contribution in [-0.4, -0.2) is 53.3 Å². The molecule has 0 amide bonds. The van der Waals surface area contributed by atoms with Gasteiger partial charge in [0.15, 0.2) is 0 Å². The molecule has 3 nitrogen and oxygen atoms in total. The first-order valence-corrected chi connectivity index (χ1v) is 6.55. The maximum Gasteiger partial charge on any atom is 0.0383 e. The summed E-state index contributed by atoms with van der Waals surface area (Å²) < 4.78 is 11.0. The Labute approximate surface area is 83.3 Å². The van der Waals surface area contributed by atoms with E-state index in [1.807, 2.05) is 0 Å². The highest BCUT2D eigenvalue weighted by Gasteiger charge is 2.20. The minimum absolute atomic E-state index is 0.377. The van der Waals surface area contributed by atoms with Gasteiger partial charge in [-0.1, -0.05) is 0 Å². The number of hydrogen-bond donors (Lipinski definition) is 1. The summed E-state index contributed by atoms with van der Waals surface area (Å²) >= 11 is 0. The maximum absolute atomic E-state index is 11.0. The molecule has 0 bridgehead atoms. The quantitative estimate of drug-likeness (QED) is 0.702. The largest absolute Gasteiger partial charge is 0.309 e. The van der Waals surface area contributed by atoms with Gasteiger partial charge in [0.25, 0.3) is 0 Å². The Kier molecular flexibility index (Phi) is 4.35. The van der Waals surface area contributed by atoms with Gasteiger partial charge >= 0.3 is 0 Å². The van der Waals surface area contributed by atoms with E-state index in [-0.39, 0.29) is 0 Å². The summed E-state index contributed by atoms with van der Waals surface area (Å²) in [6.07, 6.45) is 2.98. The highest BCUT2D eigenvalue weighted by atomic mass is 32.2. The molecule has 13 heavy (non-hydrogen) atoms. The van der Waals surface area contributed by atoms with Crippen molar-refractivity contribution in [1.82, 2.24) is 10.2 Å². The van der Waals surface area contributed by atoms with Crippen molar-refractivity contribution in [1.29, 1.82) is 0 Å². The molecule has 3 unspecified atom stereocenters. The monoisotopic (exact) mass is 204 g/mol. The molecule has 0 aromatic carbocycles. The lowest BCUT2D eigenvalue weighted by molar-refractivity contribution is 0.390. The fourth-order valence-electron chi connectivity index (χ4n) is 1.87. The third-order valence-corrected chi connectivity index (χ3v) is 3.37. The van der Waals surface area contributed by atoms with Crippen LogP contribution in [0.3, 0.4) is 0 Å². The molecule has 1 aliphatic heterocycles. The van der Waals surface area contributed by atoms with Gasteiger partial charge in [0.1, 0.15) is 0 Å². The van der Waals surface area contributed by atoms with Gasteiger partial charge in [-0.05, 0) is 26.9 Å². The van der Waals surface area contributed by atoms with E-state index in [4.69, 9.17) is 0 Å². The second kappa shape index (κ2) is 5.08. The predicted octanol–water partition coefficient (Wildman–Crippen LogP) is 0.0471. The minimum atomic E-state index is -0.681. The zero-order chi connectivity index (χ0) is 9.84. The molecule has 4 heteroatoms. The Morgan fingerprint density at radius 3 is 2.85 bits per heavy atom. The fourth-order valence-corrected chi connectivity index (χ4v) is 2.67. The number of nitrogens with one attached hydrogen (secondary N) is 1. The van der Waals surface area contributed by atoms with Crippen LogP contribution in [0.2, 0.25) is 0 Å².